The number of nitriles is 1. The second-order valence-corrected chi connectivity index (χ2v) is 2.97. The first-order valence-corrected chi connectivity index (χ1v) is 3.95. The summed E-state index contributed by atoms with van der Waals surface area (Å²) in [5.74, 6) is 0. The molecule has 0 aromatic heterocycles. The van der Waals surface area contributed by atoms with E-state index in [-0.39, 0.29) is 0 Å². The van der Waals surface area contributed by atoms with Crippen molar-refractivity contribution in [2.75, 3.05) is 13.1 Å². The normalized spacial score (nSPS) is 27.8. The molecular weight excluding hydrogens is 124 g/mol. The first kappa shape index (κ1) is 7.56. The molecule has 1 aliphatic heterocycles. The molecule has 0 aliphatic carbocycles. The van der Waals surface area contributed by atoms with Crippen LogP contribution >= 0.6 is 0 Å². The Kier molecular flexibility index (Phi) is 2.70. The lowest BCUT2D eigenvalue weighted by Crippen LogP contribution is -2.37. The van der Waals surface area contributed by atoms with Gasteiger partial charge in [-0.2, -0.15) is 5.26 Å². The summed E-state index contributed by atoms with van der Waals surface area (Å²) >= 11 is 0. The highest BCUT2D eigenvalue weighted by atomic mass is 15.1. The van der Waals surface area contributed by atoms with Crippen molar-refractivity contribution in [2.45, 2.75) is 32.2 Å². The number of piperidine rings is 1. The van der Waals surface area contributed by atoms with E-state index in [2.05, 4.69) is 17.9 Å². The maximum Gasteiger partial charge on any atom is 0.0868 e. The van der Waals surface area contributed by atoms with Crippen molar-refractivity contribution in [1.82, 2.24) is 4.90 Å². The zero-order valence-electron chi connectivity index (χ0n) is 6.51. The lowest BCUT2D eigenvalue weighted by Gasteiger charge is -2.30. The van der Waals surface area contributed by atoms with Crippen LogP contribution in [-0.2, 0) is 0 Å². The fourth-order valence-corrected chi connectivity index (χ4v) is 1.48. The molecule has 1 heterocycles. The maximum atomic E-state index is 8.44. The van der Waals surface area contributed by atoms with Gasteiger partial charge in [0.15, 0.2) is 0 Å². The van der Waals surface area contributed by atoms with Crippen molar-refractivity contribution in [3.63, 3.8) is 0 Å². The smallest absolute Gasteiger partial charge is 0.0868 e. The van der Waals surface area contributed by atoms with Gasteiger partial charge in [0.25, 0.3) is 0 Å². The zero-order valence-corrected chi connectivity index (χ0v) is 6.51. The van der Waals surface area contributed by atoms with Crippen LogP contribution in [0, 0.1) is 11.3 Å². The van der Waals surface area contributed by atoms with E-state index in [9.17, 15) is 0 Å². The molecule has 0 aromatic rings. The Morgan fingerprint density at radius 3 is 3.00 bits per heavy atom. The highest BCUT2D eigenvalue weighted by molar-refractivity contribution is 4.82. The average Bonchev–Trinajstić information content (AvgIpc) is 1.94. The minimum Gasteiger partial charge on any atom is -0.288 e. The van der Waals surface area contributed by atoms with Gasteiger partial charge in [-0.15, -0.1) is 0 Å². The van der Waals surface area contributed by atoms with Crippen LogP contribution in [-0.4, -0.2) is 24.0 Å². The van der Waals surface area contributed by atoms with E-state index in [1.54, 1.807) is 0 Å². The predicted molar refractivity (Wildman–Crippen MR) is 40.5 cm³/mol. The molecule has 2 nitrogen and oxygen atoms in total. The summed E-state index contributed by atoms with van der Waals surface area (Å²) in [4.78, 5) is 2.25. The van der Waals surface area contributed by atoms with E-state index in [1.807, 2.05) is 0 Å². The van der Waals surface area contributed by atoms with E-state index >= 15 is 0 Å². The molecule has 2 heteroatoms. The molecule has 0 aromatic carbocycles. The number of hydrogen-bond acceptors (Lipinski definition) is 2. The van der Waals surface area contributed by atoms with Gasteiger partial charge < -0.3 is 0 Å². The van der Waals surface area contributed by atoms with Gasteiger partial charge in [0, 0.05) is 6.04 Å². The lowest BCUT2D eigenvalue weighted by molar-refractivity contribution is 0.181. The Morgan fingerprint density at radius 1 is 1.60 bits per heavy atom. The van der Waals surface area contributed by atoms with Crippen LogP contribution in [0.4, 0.5) is 0 Å². The van der Waals surface area contributed by atoms with Crippen LogP contribution in [0.25, 0.3) is 0 Å². The van der Waals surface area contributed by atoms with Crippen molar-refractivity contribution in [2.24, 2.45) is 0 Å². The van der Waals surface area contributed by atoms with Gasteiger partial charge in [0.1, 0.15) is 0 Å². The second kappa shape index (κ2) is 3.58. The third-order valence-corrected chi connectivity index (χ3v) is 2.21. The molecule has 1 atom stereocenters. The Balaban J connectivity index is 2.34. The van der Waals surface area contributed by atoms with Crippen LogP contribution in [0.5, 0.6) is 0 Å². The van der Waals surface area contributed by atoms with Crippen molar-refractivity contribution in [3.05, 3.63) is 0 Å². The highest BCUT2D eigenvalue weighted by Gasteiger charge is 2.16. The number of nitrogens with zero attached hydrogens (tertiary/aromatic N) is 2. The summed E-state index contributed by atoms with van der Waals surface area (Å²) in [5, 5.41) is 8.44. The van der Waals surface area contributed by atoms with Crippen LogP contribution in [0.15, 0.2) is 0 Å². The van der Waals surface area contributed by atoms with Gasteiger partial charge >= 0.3 is 0 Å². The quantitative estimate of drug-likeness (QED) is 0.512. The van der Waals surface area contributed by atoms with Gasteiger partial charge in [0.05, 0.1) is 12.6 Å². The molecule has 10 heavy (non-hydrogen) atoms. The highest BCUT2D eigenvalue weighted by Crippen LogP contribution is 2.14. The lowest BCUT2D eigenvalue weighted by atomic mass is 10.0. The fraction of sp³-hybridized carbons (Fsp3) is 0.875. The first-order valence-electron chi connectivity index (χ1n) is 3.95. The first-order chi connectivity index (χ1) is 4.84. The van der Waals surface area contributed by atoms with Gasteiger partial charge in [0.2, 0.25) is 0 Å². The van der Waals surface area contributed by atoms with E-state index < -0.39 is 0 Å². The van der Waals surface area contributed by atoms with E-state index in [4.69, 9.17) is 5.26 Å². The van der Waals surface area contributed by atoms with Crippen LogP contribution in [0.2, 0.25) is 0 Å². The summed E-state index contributed by atoms with van der Waals surface area (Å²) in [5.41, 5.74) is 0. The SMILES string of the molecule is C[C@H]1CCCCN1CC#N. The van der Waals surface area contributed by atoms with Crippen LogP contribution in [0.1, 0.15) is 26.2 Å². The molecule has 56 valence electrons. The Morgan fingerprint density at radius 2 is 2.40 bits per heavy atom. The second-order valence-electron chi connectivity index (χ2n) is 2.97. The minimum absolute atomic E-state index is 0.612. The third kappa shape index (κ3) is 1.71. The molecule has 0 bridgehead atoms. The summed E-state index contributed by atoms with van der Waals surface area (Å²) in [6.45, 7) is 3.94. The molecule has 1 saturated heterocycles. The van der Waals surface area contributed by atoms with Gasteiger partial charge in [-0.1, -0.05) is 6.42 Å². The third-order valence-electron chi connectivity index (χ3n) is 2.21. The molecule has 0 saturated carbocycles. The van der Waals surface area contributed by atoms with Crippen molar-refractivity contribution in [1.29, 1.82) is 5.26 Å². The topological polar surface area (TPSA) is 27.0 Å². The number of likely N-dealkylation sites (tertiary alicyclic amines) is 1. The Hall–Kier alpha value is -0.550. The largest absolute Gasteiger partial charge is 0.288 e. The van der Waals surface area contributed by atoms with E-state index in [0.717, 1.165) is 6.54 Å². The van der Waals surface area contributed by atoms with E-state index in [1.165, 1.54) is 19.3 Å². The summed E-state index contributed by atoms with van der Waals surface area (Å²) in [6, 6.07) is 2.83. The van der Waals surface area contributed by atoms with Crippen molar-refractivity contribution < 1.29 is 0 Å². The minimum atomic E-state index is 0.612. The summed E-state index contributed by atoms with van der Waals surface area (Å²) in [7, 11) is 0. The molecule has 0 N–H and O–H groups in total. The molecule has 1 rings (SSSR count). The Labute approximate surface area is 62.4 Å². The van der Waals surface area contributed by atoms with Crippen molar-refractivity contribution >= 4 is 0 Å². The molecular formula is C8H14N2. The molecule has 0 radical (unpaired) electrons. The monoisotopic (exact) mass is 138 g/mol. The Bertz CT molecular complexity index is 137. The average molecular weight is 138 g/mol. The number of hydrogen-bond donors (Lipinski definition) is 0. The fourth-order valence-electron chi connectivity index (χ4n) is 1.48. The van der Waals surface area contributed by atoms with Crippen molar-refractivity contribution in [3.8, 4) is 6.07 Å². The summed E-state index contributed by atoms with van der Waals surface area (Å²) in [6.07, 6.45) is 3.87. The molecule has 0 unspecified atom stereocenters. The molecule has 0 amide bonds. The van der Waals surface area contributed by atoms with Gasteiger partial charge in [-0.3, -0.25) is 4.90 Å². The van der Waals surface area contributed by atoms with E-state index in [0.29, 0.717) is 12.6 Å². The molecule has 1 aliphatic rings. The van der Waals surface area contributed by atoms with Crippen LogP contribution < -0.4 is 0 Å². The predicted octanol–water partition coefficient (Wildman–Crippen LogP) is 1.38. The summed E-state index contributed by atoms with van der Waals surface area (Å²) < 4.78 is 0. The van der Waals surface area contributed by atoms with Gasteiger partial charge in [-0.05, 0) is 26.3 Å². The van der Waals surface area contributed by atoms with Gasteiger partial charge in [-0.25, -0.2) is 0 Å². The van der Waals surface area contributed by atoms with Crippen LogP contribution in [0.3, 0.4) is 0 Å². The molecule has 0 spiro atoms. The zero-order chi connectivity index (χ0) is 7.40. The number of rotatable bonds is 1. The standard InChI is InChI=1S/C8H14N2/c1-8-4-2-3-6-10(8)7-5-9/h8H,2-4,6-7H2,1H3/t8-/m0/s1. The molecule has 1 fully saturated rings. The maximum absolute atomic E-state index is 8.44.